The molecule has 0 aliphatic carbocycles. The molecule has 5 aromatic rings. The van der Waals surface area contributed by atoms with Crippen LogP contribution in [0.1, 0.15) is 22.8 Å². The molecule has 1 aromatic heterocycles. The topological polar surface area (TPSA) is 87.4 Å². The molecule has 0 radical (unpaired) electrons. The summed E-state index contributed by atoms with van der Waals surface area (Å²) >= 11 is 5.32. The van der Waals surface area contributed by atoms with Crippen LogP contribution in [0.3, 0.4) is 0 Å². The lowest BCUT2D eigenvalue weighted by Gasteiger charge is -2.12. The highest BCUT2D eigenvalue weighted by Crippen LogP contribution is 2.33. The highest BCUT2D eigenvalue weighted by atomic mass is 32.1. The maximum atomic E-state index is 12.8. The van der Waals surface area contributed by atoms with Gasteiger partial charge in [0.25, 0.3) is 5.91 Å². The van der Waals surface area contributed by atoms with Crippen LogP contribution < -0.4 is 10.6 Å². The van der Waals surface area contributed by atoms with Gasteiger partial charge in [-0.15, -0.1) is 0 Å². The maximum absolute atomic E-state index is 12.8. The number of fused-ring (bicyclic) bond motifs is 2. The molecule has 34 heavy (non-hydrogen) atoms. The number of hydrogen-bond acceptors (Lipinski definition) is 5. The number of phenols is 1. The van der Waals surface area contributed by atoms with E-state index in [1.807, 2.05) is 54.6 Å². The Morgan fingerprint density at radius 2 is 1.85 bits per heavy atom. The van der Waals surface area contributed by atoms with Gasteiger partial charge in [-0.2, -0.15) is 0 Å². The monoisotopic (exact) mass is 467 g/mol. The molecule has 1 amide bonds. The Labute approximate surface area is 201 Å². The van der Waals surface area contributed by atoms with Crippen LogP contribution >= 0.6 is 12.2 Å². The number of aromatic nitrogens is 1. The van der Waals surface area contributed by atoms with E-state index in [9.17, 15) is 9.90 Å². The third kappa shape index (κ3) is 4.21. The molecule has 3 N–H and O–H groups in total. The van der Waals surface area contributed by atoms with Gasteiger partial charge in [-0.25, -0.2) is 4.98 Å². The smallest absolute Gasteiger partial charge is 0.258 e. The van der Waals surface area contributed by atoms with E-state index < -0.39 is 0 Å². The summed E-state index contributed by atoms with van der Waals surface area (Å²) in [4.78, 5) is 17.3. The minimum atomic E-state index is -0.312. The van der Waals surface area contributed by atoms with Gasteiger partial charge in [0.05, 0.1) is 5.56 Å². The minimum absolute atomic E-state index is 0.0181. The van der Waals surface area contributed by atoms with Gasteiger partial charge >= 0.3 is 0 Å². The van der Waals surface area contributed by atoms with Crippen LogP contribution in [-0.2, 0) is 6.42 Å². The molecule has 5 rings (SSSR count). The second kappa shape index (κ2) is 8.96. The van der Waals surface area contributed by atoms with E-state index in [-0.39, 0.29) is 16.8 Å². The van der Waals surface area contributed by atoms with E-state index in [0.717, 1.165) is 28.3 Å². The Hall–Kier alpha value is -4.23. The van der Waals surface area contributed by atoms with E-state index >= 15 is 0 Å². The number of nitrogens with zero attached hydrogens (tertiary/aromatic N) is 1. The average Bonchev–Trinajstić information content (AvgIpc) is 3.26. The standard InChI is InChI=1S/C27H21N3O3S/c1-2-16-10-13-24-22(14-16)29-26(33-24)21-12-11-18(15-23(21)31)28-27(34)30-25(32)20-9-5-7-17-6-3-4-8-19(17)20/h3-15,31H,2H2,1H3,(H2,28,30,32,34). The van der Waals surface area contributed by atoms with Crippen molar-refractivity contribution in [1.82, 2.24) is 10.3 Å². The SMILES string of the molecule is CCc1ccc2oc(-c3ccc(NC(=S)NC(=O)c4cccc5ccccc45)cc3O)nc2c1. The molecule has 0 bridgehead atoms. The van der Waals surface area contributed by atoms with Crippen LogP contribution in [0.15, 0.2) is 83.3 Å². The van der Waals surface area contributed by atoms with E-state index in [4.69, 9.17) is 16.6 Å². The largest absolute Gasteiger partial charge is 0.507 e. The van der Waals surface area contributed by atoms with Crippen LogP contribution in [0, 0.1) is 0 Å². The molecule has 1 heterocycles. The van der Waals surface area contributed by atoms with E-state index in [1.165, 1.54) is 6.07 Å². The fourth-order valence-corrected chi connectivity index (χ4v) is 4.07. The molecule has 0 unspecified atom stereocenters. The number of oxazole rings is 1. The molecule has 168 valence electrons. The molecule has 0 fully saturated rings. The van der Waals surface area contributed by atoms with E-state index in [1.54, 1.807) is 18.2 Å². The molecular weight excluding hydrogens is 446 g/mol. The molecular formula is C27H21N3O3S. The first-order chi connectivity index (χ1) is 16.5. The normalized spacial score (nSPS) is 11.0. The van der Waals surface area contributed by atoms with Gasteiger partial charge in [0.15, 0.2) is 10.7 Å². The summed E-state index contributed by atoms with van der Waals surface area (Å²) in [5, 5.41) is 18.2. The number of carbonyl (C=O) groups is 1. The molecule has 0 saturated heterocycles. The molecule has 0 atom stereocenters. The predicted molar refractivity (Wildman–Crippen MR) is 138 cm³/mol. The molecule has 6 nitrogen and oxygen atoms in total. The lowest BCUT2D eigenvalue weighted by molar-refractivity contribution is 0.0979. The summed E-state index contributed by atoms with van der Waals surface area (Å²) in [6, 6.07) is 24.0. The number of amides is 1. The van der Waals surface area contributed by atoms with Gasteiger partial charge in [0.1, 0.15) is 11.3 Å². The quantitative estimate of drug-likeness (QED) is 0.279. The van der Waals surface area contributed by atoms with Crippen molar-refractivity contribution in [3.8, 4) is 17.2 Å². The highest BCUT2D eigenvalue weighted by molar-refractivity contribution is 7.80. The number of benzene rings is 4. The van der Waals surface area contributed by atoms with Gasteiger partial charge in [-0.1, -0.05) is 49.4 Å². The summed E-state index contributed by atoms with van der Waals surface area (Å²) in [6.07, 6.45) is 0.903. The zero-order valence-electron chi connectivity index (χ0n) is 18.3. The number of aromatic hydroxyl groups is 1. The van der Waals surface area contributed by atoms with Crippen molar-refractivity contribution < 1.29 is 14.3 Å². The molecule has 7 heteroatoms. The highest BCUT2D eigenvalue weighted by Gasteiger charge is 2.15. The minimum Gasteiger partial charge on any atom is -0.507 e. The van der Waals surface area contributed by atoms with Crippen LogP contribution in [-0.4, -0.2) is 21.1 Å². The van der Waals surface area contributed by atoms with Crippen LogP contribution in [0.2, 0.25) is 0 Å². The number of rotatable bonds is 4. The molecule has 0 aliphatic rings. The lowest BCUT2D eigenvalue weighted by atomic mass is 10.0. The van der Waals surface area contributed by atoms with Gasteiger partial charge in [0.2, 0.25) is 5.89 Å². The van der Waals surface area contributed by atoms with E-state index in [0.29, 0.717) is 28.3 Å². The Morgan fingerprint density at radius 3 is 2.68 bits per heavy atom. The maximum Gasteiger partial charge on any atom is 0.258 e. The van der Waals surface area contributed by atoms with Crippen LogP contribution in [0.5, 0.6) is 5.75 Å². The predicted octanol–water partition coefficient (Wildman–Crippen LogP) is 6.04. The fraction of sp³-hybridized carbons (Fsp3) is 0.0741. The summed E-state index contributed by atoms with van der Waals surface area (Å²) in [6.45, 7) is 2.08. The second-order valence-corrected chi connectivity index (χ2v) is 8.25. The third-order valence-corrected chi connectivity index (χ3v) is 5.81. The Balaban J connectivity index is 1.32. The Kier molecular flexibility index (Phi) is 5.69. The van der Waals surface area contributed by atoms with Gasteiger partial charge in [0, 0.05) is 17.3 Å². The van der Waals surface area contributed by atoms with Crippen molar-refractivity contribution in [2.75, 3.05) is 5.32 Å². The number of aryl methyl sites for hydroxylation is 1. The summed E-state index contributed by atoms with van der Waals surface area (Å²) in [5.74, 6) is 0.00246. The number of nitrogens with one attached hydrogen (secondary N) is 2. The zero-order chi connectivity index (χ0) is 23.7. The van der Waals surface area contributed by atoms with Gasteiger partial charge < -0.3 is 14.8 Å². The van der Waals surface area contributed by atoms with Crippen molar-refractivity contribution in [3.05, 3.63) is 90.0 Å². The average molecular weight is 468 g/mol. The molecule has 4 aromatic carbocycles. The van der Waals surface area contributed by atoms with Crippen LogP contribution in [0.25, 0.3) is 33.3 Å². The zero-order valence-corrected chi connectivity index (χ0v) is 19.1. The number of hydrogen-bond donors (Lipinski definition) is 3. The number of phenolic OH excluding ortho intramolecular Hbond substituents is 1. The van der Waals surface area contributed by atoms with Crippen molar-refractivity contribution in [1.29, 1.82) is 0 Å². The number of carbonyl (C=O) groups excluding carboxylic acids is 1. The number of thiocarbonyl (C=S) groups is 1. The van der Waals surface area contributed by atoms with Crippen LogP contribution in [0.4, 0.5) is 5.69 Å². The summed E-state index contributed by atoms with van der Waals surface area (Å²) in [5.41, 5.74) is 4.08. The van der Waals surface area contributed by atoms with E-state index in [2.05, 4.69) is 22.5 Å². The van der Waals surface area contributed by atoms with Crippen molar-refractivity contribution in [2.24, 2.45) is 0 Å². The first-order valence-electron chi connectivity index (χ1n) is 10.8. The van der Waals surface area contributed by atoms with Gasteiger partial charge in [-0.05, 0) is 65.3 Å². The van der Waals surface area contributed by atoms with Crippen molar-refractivity contribution in [3.63, 3.8) is 0 Å². The first kappa shape index (κ1) is 21.6. The first-order valence-corrected chi connectivity index (χ1v) is 11.3. The Morgan fingerprint density at radius 1 is 1.03 bits per heavy atom. The van der Waals surface area contributed by atoms with Crippen molar-refractivity contribution in [2.45, 2.75) is 13.3 Å². The fourth-order valence-electron chi connectivity index (χ4n) is 3.85. The van der Waals surface area contributed by atoms with Gasteiger partial charge in [-0.3, -0.25) is 10.1 Å². The summed E-state index contributed by atoms with van der Waals surface area (Å²) in [7, 11) is 0. The number of anilines is 1. The van der Waals surface area contributed by atoms with Crippen molar-refractivity contribution >= 4 is 50.8 Å². The molecule has 0 spiro atoms. The molecule has 0 aliphatic heterocycles. The lowest BCUT2D eigenvalue weighted by Crippen LogP contribution is -2.34. The second-order valence-electron chi connectivity index (χ2n) is 7.84. The third-order valence-electron chi connectivity index (χ3n) is 5.61. The summed E-state index contributed by atoms with van der Waals surface area (Å²) < 4.78 is 5.82. The molecule has 0 saturated carbocycles. The Bertz CT molecular complexity index is 1550.